The number of nitriles is 4. The summed E-state index contributed by atoms with van der Waals surface area (Å²) in [6.07, 6.45) is 0. The molecule has 7 aromatic carbocycles. The average molecular weight is 741 g/mol. The summed E-state index contributed by atoms with van der Waals surface area (Å²) in [4.78, 5) is 12.0. The van der Waals surface area contributed by atoms with Crippen LogP contribution in [0.2, 0.25) is 0 Å². The second-order valence-electron chi connectivity index (χ2n) is 13.5. The number of aromatic nitrogens is 3. The molecular weight excluding hydrogens is 713 g/mol. The van der Waals surface area contributed by atoms with E-state index < -0.39 is 0 Å². The Hall–Kier alpha value is -8.82. The molecule has 2 heterocycles. The molecule has 0 amide bonds. The molecule has 0 radical (unpaired) electrons. The standard InChI is InChI=1S/C50H28N8/c51-29-33-11-9-13-35(23-33)45-28-46(56-50(55-45)36-14-10-12-34(24-36)30-52)49-37(31-53)25-42(26-38(49)32-54)58-47-20-8-7-19-43(47)44-27-41(21-22-48(44)58)57(39-15-3-1-4-16-39)40-17-5-2-6-18-40/h1-28H. The number of hydrogen-bond acceptors (Lipinski definition) is 7. The van der Waals surface area contributed by atoms with Crippen LogP contribution < -0.4 is 4.90 Å². The number of fused-ring (bicyclic) bond motifs is 3. The minimum atomic E-state index is 0.253. The topological polar surface area (TPSA) is 129 Å². The Bertz CT molecular complexity index is 3080. The van der Waals surface area contributed by atoms with E-state index in [-0.39, 0.29) is 11.1 Å². The van der Waals surface area contributed by atoms with Gasteiger partial charge in [0.25, 0.3) is 0 Å². The van der Waals surface area contributed by atoms with E-state index in [0.717, 1.165) is 38.9 Å². The van der Waals surface area contributed by atoms with Gasteiger partial charge in [0.1, 0.15) is 0 Å². The lowest BCUT2D eigenvalue weighted by Crippen LogP contribution is -2.09. The van der Waals surface area contributed by atoms with E-state index >= 15 is 0 Å². The predicted octanol–water partition coefficient (Wildman–Crippen LogP) is 11.5. The lowest BCUT2D eigenvalue weighted by atomic mass is 9.96. The third-order valence-corrected chi connectivity index (χ3v) is 10.1. The van der Waals surface area contributed by atoms with Crippen molar-refractivity contribution in [3.8, 4) is 63.9 Å². The molecule has 0 aliphatic rings. The zero-order chi connectivity index (χ0) is 39.6. The quantitative estimate of drug-likeness (QED) is 0.159. The van der Waals surface area contributed by atoms with E-state index in [2.05, 4.69) is 82.3 Å². The van der Waals surface area contributed by atoms with Gasteiger partial charge in [-0.2, -0.15) is 21.0 Å². The minimum absolute atomic E-state index is 0.253. The van der Waals surface area contributed by atoms with Gasteiger partial charge in [0, 0.05) is 50.2 Å². The SMILES string of the molecule is N#Cc1cccc(-c2cc(-c3c(C#N)cc(-n4c5ccccc5c5cc(N(c6ccccc6)c6ccccc6)ccc54)cc3C#N)nc(-c3cccc(C#N)c3)n2)c1. The Morgan fingerprint density at radius 2 is 1.00 bits per heavy atom. The van der Waals surface area contributed by atoms with Gasteiger partial charge < -0.3 is 9.47 Å². The molecule has 8 heteroatoms. The lowest BCUT2D eigenvalue weighted by Gasteiger charge is -2.25. The monoisotopic (exact) mass is 740 g/mol. The molecule has 0 saturated heterocycles. The molecule has 0 unspecified atom stereocenters. The van der Waals surface area contributed by atoms with Crippen molar-refractivity contribution in [1.82, 2.24) is 14.5 Å². The molecule has 2 aromatic heterocycles. The van der Waals surface area contributed by atoms with Crippen molar-refractivity contribution in [2.75, 3.05) is 4.90 Å². The zero-order valence-corrected chi connectivity index (χ0v) is 30.7. The zero-order valence-electron chi connectivity index (χ0n) is 30.7. The number of hydrogen-bond donors (Lipinski definition) is 0. The highest BCUT2D eigenvalue weighted by Gasteiger charge is 2.22. The normalized spacial score (nSPS) is 10.7. The van der Waals surface area contributed by atoms with Gasteiger partial charge in [-0.15, -0.1) is 0 Å². The van der Waals surface area contributed by atoms with E-state index in [4.69, 9.17) is 9.97 Å². The van der Waals surface area contributed by atoms with Crippen LogP contribution >= 0.6 is 0 Å². The Morgan fingerprint density at radius 3 is 1.64 bits per heavy atom. The smallest absolute Gasteiger partial charge is 0.160 e. The molecule has 0 aliphatic heterocycles. The van der Waals surface area contributed by atoms with Crippen molar-refractivity contribution in [1.29, 1.82) is 21.0 Å². The molecule has 0 saturated carbocycles. The summed E-state index contributed by atoms with van der Waals surface area (Å²) in [6.45, 7) is 0. The first kappa shape index (κ1) is 34.9. The lowest BCUT2D eigenvalue weighted by molar-refractivity contribution is 1.16. The van der Waals surface area contributed by atoms with Gasteiger partial charge in [0.15, 0.2) is 5.82 Å². The summed E-state index contributed by atoms with van der Waals surface area (Å²) in [5, 5.41) is 42.9. The average Bonchev–Trinajstić information content (AvgIpc) is 3.63. The van der Waals surface area contributed by atoms with Crippen LogP contribution in [0, 0.1) is 45.3 Å². The highest BCUT2D eigenvalue weighted by molar-refractivity contribution is 6.10. The van der Waals surface area contributed by atoms with E-state index in [1.165, 1.54) is 0 Å². The maximum absolute atomic E-state index is 10.8. The first-order valence-electron chi connectivity index (χ1n) is 18.4. The van der Waals surface area contributed by atoms with Crippen LogP contribution in [0.3, 0.4) is 0 Å². The molecule has 58 heavy (non-hydrogen) atoms. The Labute approximate surface area is 334 Å². The molecule has 268 valence electrons. The van der Waals surface area contributed by atoms with Crippen molar-refractivity contribution in [2.45, 2.75) is 0 Å². The van der Waals surface area contributed by atoms with Gasteiger partial charge in [0.2, 0.25) is 0 Å². The largest absolute Gasteiger partial charge is 0.310 e. The summed E-state index contributed by atoms with van der Waals surface area (Å²) in [5.74, 6) is 0.307. The molecule has 0 N–H and O–H groups in total. The maximum atomic E-state index is 10.8. The summed E-state index contributed by atoms with van der Waals surface area (Å²) in [6, 6.07) is 63.4. The molecule has 0 spiro atoms. The van der Waals surface area contributed by atoms with E-state index in [1.54, 1.807) is 54.6 Å². The Kier molecular flexibility index (Phi) is 8.90. The van der Waals surface area contributed by atoms with Crippen LogP contribution in [0.15, 0.2) is 170 Å². The van der Waals surface area contributed by atoms with Crippen molar-refractivity contribution in [2.24, 2.45) is 0 Å². The molecule has 8 nitrogen and oxygen atoms in total. The van der Waals surface area contributed by atoms with Crippen LogP contribution in [0.25, 0.3) is 61.4 Å². The number of para-hydroxylation sites is 3. The second-order valence-corrected chi connectivity index (χ2v) is 13.5. The van der Waals surface area contributed by atoms with Crippen LogP contribution in [0.4, 0.5) is 17.1 Å². The third-order valence-electron chi connectivity index (χ3n) is 10.1. The summed E-state index contributed by atoms with van der Waals surface area (Å²) in [7, 11) is 0. The fourth-order valence-electron chi connectivity index (χ4n) is 7.52. The molecule has 0 fully saturated rings. The molecule has 0 atom stereocenters. The van der Waals surface area contributed by atoms with Crippen LogP contribution in [0.5, 0.6) is 0 Å². The van der Waals surface area contributed by atoms with Crippen molar-refractivity contribution < 1.29 is 0 Å². The number of anilines is 3. The van der Waals surface area contributed by atoms with E-state index in [0.29, 0.717) is 50.7 Å². The van der Waals surface area contributed by atoms with Gasteiger partial charge in [-0.25, -0.2) is 9.97 Å². The van der Waals surface area contributed by atoms with Gasteiger partial charge in [-0.1, -0.05) is 78.9 Å². The molecule has 9 aromatic rings. The fourth-order valence-corrected chi connectivity index (χ4v) is 7.52. The van der Waals surface area contributed by atoms with Gasteiger partial charge in [-0.3, -0.25) is 0 Å². The van der Waals surface area contributed by atoms with Gasteiger partial charge >= 0.3 is 0 Å². The summed E-state index contributed by atoms with van der Waals surface area (Å²) >= 11 is 0. The molecular formula is C50H28N8. The van der Waals surface area contributed by atoms with E-state index in [1.807, 2.05) is 66.7 Å². The predicted molar refractivity (Wildman–Crippen MR) is 226 cm³/mol. The van der Waals surface area contributed by atoms with Crippen LogP contribution in [0.1, 0.15) is 22.3 Å². The highest BCUT2D eigenvalue weighted by atomic mass is 15.1. The molecule has 9 rings (SSSR count). The number of nitrogens with zero attached hydrogens (tertiary/aromatic N) is 8. The van der Waals surface area contributed by atoms with Gasteiger partial charge in [-0.05, 0) is 91.0 Å². The van der Waals surface area contributed by atoms with Crippen molar-refractivity contribution >= 4 is 38.9 Å². The molecule has 0 aliphatic carbocycles. The first-order chi connectivity index (χ1) is 28.6. The Morgan fingerprint density at radius 1 is 0.431 bits per heavy atom. The van der Waals surface area contributed by atoms with Crippen LogP contribution in [-0.2, 0) is 0 Å². The van der Waals surface area contributed by atoms with Gasteiger partial charge in [0.05, 0.1) is 69.0 Å². The van der Waals surface area contributed by atoms with Crippen molar-refractivity contribution in [3.05, 3.63) is 192 Å². The minimum Gasteiger partial charge on any atom is -0.310 e. The number of benzene rings is 7. The summed E-state index contributed by atoms with van der Waals surface area (Å²) < 4.78 is 2.09. The van der Waals surface area contributed by atoms with Crippen molar-refractivity contribution in [3.63, 3.8) is 0 Å². The number of rotatable bonds is 7. The first-order valence-corrected chi connectivity index (χ1v) is 18.4. The highest BCUT2D eigenvalue weighted by Crippen LogP contribution is 2.41. The Balaban J connectivity index is 1.24. The summed E-state index contributed by atoms with van der Waals surface area (Å²) in [5.41, 5.74) is 9.37. The third kappa shape index (κ3) is 6.22. The maximum Gasteiger partial charge on any atom is 0.160 e. The fraction of sp³-hybridized carbons (Fsp3) is 0. The second kappa shape index (κ2) is 14.8. The van der Waals surface area contributed by atoms with Crippen LogP contribution in [-0.4, -0.2) is 14.5 Å². The molecule has 0 bridgehead atoms. The van der Waals surface area contributed by atoms with E-state index in [9.17, 15) is 21.0 Å².